The molecule has 2 aromatic carbocycles. The van der Waals surface area contributed by atoms with Gasteiger partial charge in [-0.15, -0.1) is 0 Å². The van der Waals surface area contributed by atoms with Gasteiger partial charge in [0.1, 0.15) is 5.75 Å². The third-order valence-electron chi connectivity index (χ3n) is 5.03. The molecule has 0 aliphatic carbocycles. The average Bonchev–Trinajstić information content (AvgIpc) is 2.70. The first kappa shape index (κ1) is 19.0. The van der Waals surface area contributed by atoms with Gasteiger partial charge in [-0.2, -0.15) is 0 Å². The molecule has 1 aliphatic rings. The van der Waals surface area contributed by atoms with Gasteiger partial charge in [-0.05, 0) is 29.2 Å². The molecule has 3 rings (SSSR count). The van der Waals surface area contributed by atoms with Gasteiger partial charge in [-0.3, -0.25) is 9.59 Å². The summed E-state index contributed by atoms with van der Waals surface area (Å²) >= 11 is 0. The number of amides is 2. The molecule has 0 radical (unpaired) electrons. The Kier molecular flexibility index (Phi) is 6.12. The van der Waals surface area contributed by atoms with Gasteiger partial charge in [0.05, 0.1) is 13.7 Å². The van der Waals surface area contributed by atoms with Crippen LogP contribution < -0.4 is 4.74 Å². The van der Waals surface area contributed by atoms with Crippen molar-refractivity contribution in [3.63, 3.8) is 0 Å². The van der Waals surface area contributed by atoms with E-state index in [0.717, 1.165) is 16.9 Å². The molecule has 1 saturated heterocycles. The standard InChI is InChI=1S/C22H26N2O3/c1-17(19-8-4-3-5-9-19)13-21(25)24-12-11-23(22(26)16-24)15-18-7-6-10-20(14-18)27-2/h3-10,14,17H,11-13,15-16H2,1-2H3/t17-/m1/s1. The molecule has 0 saturated carbocycles. The number of piperazine rings is 1. The second kappa shape index (κ2) is 8.71. The van der Waals surface area contributed by atoms with E-state index in [4.69, 9.17) is 4.74 Å². The zero-order chi connectivity index (χ0) is 19.2. The van der Waals surface area contributed by atoms with Crippen LogP contribution in [0.25, 0.3) is 0 Å². The van der Waals surface area contributed by atoms with Crippen molar-refractivity contribution in [2.75, 3.05) is 26.7 Å². The fraction of sp³-hybridized carbons (Fsp3) is 0.364. The maximum absolute atomic E-state index is 12.6. The number of carbonyl (C=O) groups is 2. The summed E-state index contributed by atoms with van der Waals surface area (Å²) in [4.78, 5) is 28.6. The minimum absolute atomic E-state index is 0.00946. The molecule has 5 nitrogen and oxygen atoms in total. The van der Waals surface area contributed by atoms with Gasteiger partial charge in [0, 0.05) is 26.1 Å². The van der Waals surface area contributed by atoms with E-state index in [1.54, 1.807) is 16.9 Å². The quantitative estimate of drug-likeness (QED) is 0.789. The maximum atomic E-state index is 12.6. The molecular weight excluding hydrogens is 340 g/mol. The fourth-order valence-corrected chi connectivity index (χ4v) is 3.37. The van der Waals surface area contributed by atoms with Crippen molar-refractivity contribution in [3.8, 4) is 5.75 Å². The van der Waals surface area contributed by atoms with Crippen LogP contribution in [0.2, 0.25) is 0 Å². The van der Waals surface area contributed by atoms with Crippen LogP contribution in [0.5, 0.6) is 5.75 Å². The van der Waals surface area contributed by atoms with Crippen molar-refractivity contribution < 1.29 is 14.3 Å². The Morgan fingerprint density at radius 1 is 1.11 bits per heavy atom. The van der Waals surface area contributed by atoms with E-state index in [1.165, 1.54) is 0 Å². The Morgan fingerprint density at radius 2 is 1.89 bits per heavy atom. The third-order valence-corrected chi connectivity index (χ3v) is 5.03. The summed E-state index contributed by atoms with van der Waals surface area (Å²) in [6.45, 7) is 3.88. The molecule has 0 aromatic heterocycles. The lowest BCUT2D eigenvalue weighted by atomic mass is 9.97. The van der Waals surface area contributed by atoms with Gasteiger partial charge in [0.15, 0.2) is 0 Å². The van der Waals surface area contributed by atoms with Crippen molar-refractivity contribution in [1.29, 1.82) is 0 Å². The highest BCUT2D eigenvalue weighted by atomic mass is 16.5. The summed E-state index contributed by atoms with van der Waals surface area (Å²) in [5.41, 5.74) is 2.18. The molecule has 1 aliphatic heterocycles. The summed E-state index contributed by atoms with van der Waals surface area (Å²) in [7, 11) is 1.63. The van der Waals surface area contributed by atoms with Crippen LogP contribution >= 0.6 is 0 Å². The van der Waals surface area contributed by atoms with Crippen LogP contribution in [0, 0.1) is 0 Å². The number of rotatable bonds is 6. The Morgan fingerprint density at radius 3 is 2.59 bits per heavy atom. The zero-order valence-electron chi connectivity index (χ0n) is 15.9. The molecule has 2 amide bonds. The lowest BCUT2D eigenvalue weighted by Crippen LogP contribution is -2.51. The van der Waals surface area contributed by atoms with E-state index in [2.05, 4.69) is 0 Å². The fourth-order valence-electron chi connectivity index (χ4n) is 3.37. The van der Waals surface area contributed by atoms with Crippen LogP contribution in [0.1, 0.15) is 30.4 Å². The smallest absolute Gasteiger partial charge is 0.242 e. The minimum Gasteiger partial charge on any atom is -0.497 e. The van der Waals surface area contributed by atoms with Crippen LogP contribution in [0.4, 0.5) is 0 Å². The topological polar surface area (TPSA) is 49.9 Å². The number of ether oxygens (including phenoxy) is 1. The number of hydrogen-bond donors (Lipinski definition) is 0. The molecule has 0 spiro atoms. The van der Waals surface area contributed by atoms with Gasteiger partial charge in [-0.25, -0.2) is 0 Å². The van der Waals surface area contributed by atoms with Crippen molar-refractivity contribution in [2.45, 2.75) is 25.8 Å². The van der Waals surface area contributed by atoms with E-state index < -0.39 is 0 Å². The number of carbonyl (C=O) groups excluding carboxylic acids is 2. The monoisotopic (exact) mass is 366 g/mol. The Bertz CT molecular complexity index is 791. The van der Waals surface area contributed by atoms with E-state index >= 15 is 0 Å². The molecule has 0 unspecified atom stereocenters. The van der Waals surface area contributed by atoms with Crippen LogP contribution in [-0.4, -0.2) is 48.4 Å². The van der Waals surface area contributed by atoms with Crippen molar-refractivity contribution in [3.05, 3.63) is 65.7 Å². The summed E-state index contributed by atoms with van der Waals surface area (Å²) in [5.74, 6) is 0.956. The molecule has 1 heterocycles. The molecule has 5 heteroatoms. The lowest BCUT2D eigenvalue weighted by molar-refractivity contribution is -0.145. The van der Waals surface area contributed by atoms with E-state index in [-0.39, 0.29) is 24.3 Å². The van der Waals surface area contributed by atoms with Gasteiger partial charge in [0.2, 0.25) is 11.8 Å². The summed E-state index contributed by atoms with van der Waals surface area (Å²) in [6, 6.07) is 17.7. The van der Waals surface area contributed by atoms with Gasteiger partial charge >= 0.3 is 0 Å². The largest absolute Gasteiger partial charge is 0.497 e. The van der Waals surface area contributed by atoms with Gasteiger partial charge in [-0.1, -0.05) is 49.4 Å². The van der Waals surface area contributed by atoms with Crippen molar-refractivity contribution >= 4 is 11.8 Å². The highest BCUT2D eigenvalue weighted by Crippen LogP contribution is 2.21. The SMILES string of the molecule is COc1cccc(CN2CCN(C(=O)C[C@@H](C)c3ccccc3)CC2=O)c1. The summed E-state index contributed by atoms with van der Waals surface area (Å²) < 4.78 is 5.24. The number of hydrogen-bond acceptors (Lipinski definition) is 3. The lowest BCUT2D eigenvalue weighted by Gasteiger charge is -2.35. The summed E-state index contributed by atoms with van der Waals surface area (Å²) in [6.07, 6.45) is 0.424. The van der Waals surface area contributed by atoms with E-state index in [0.29, 0.717) is 26.1 Å². The second-order valence-corrected chi connectivity index (χ2v) is 7.00. The van der Waals surface area contributed by atoms with Crippen LogP contribution in [-0.2, 0) is 16.1 Å². The number of benzene rings is 2. The molecule has 0 N–H and O–H groups in total. The van der Waals surface area contributed by atoms with Gasteiger partial charge < -0.3 is 14.5 Å². The van der Waals surface area contributed by atoms with Crippen molar-refractivity contribution in [2.24, 2.45) is 0 Å². The van der Waals surface area contributed by atoms with Crippen LogP contribution in [0.15, 0.2) is 54.6 Å². The first-order valence-electron chi connectivity index (χ1n) is 9.30. The zero-order valence-corrected chi connectivity index (χ0v) is 15.9. The molecule has 0 bridgehead atoms. The summed E-state index contributed by atoms with van der Waals surface area (Å²) in [5, 5.41) is 0. The van der Waals surface area contributed by atoms with E-state index in [9.17, 15) is 9.59 Å². The normalized spacial score (nSPS) is 15.6. The number of methoxy groups -OCH3 is 1. The molecular formula is C22H26N2O3. The molecule has 1 fully saturated rings. The Balaban J connectivity index is 1.54. The Hall–Kier alpha value is -2.82. The molecule has 142 valence electrons. The minimum atomic E-state index is -0.00946. The average molecular weight is 366 g/mol. The second-order valence-electron chi connectivity index (χ2n) is 7.00. The highest BCUT2D eigenvalue weighted by molar-refractivity contribution is 5.86. The predicted molar refractivity (Wildman–Crippen MR) is 104 cm³/mol. The molecule has 27 heavy (non-hydrogen) atoms. The van der Waals surface area contributed by atoms with E-state index in [1.807, 2.05) is 61.5 Å². The first-order chi connectivity index (χ1) is 13.1. The first-order valence-corrected chi connectivity index (χ1v) is 9.30. The third kappa shape index (κ3) is 4.88. The maximum Gasteiger partial charge on any atom is 0.242 e. The number of nitrogens with zero attached hydrogens (tertiary/aromatic N) is 2. The predicted octanol–water partition coefficient (Wildman–Crippen LogP) is 3.06. The highest BCUT2D eigenvalue weighted by Gasteiger charge is 2.28. The molecule has 2 aromatic rings. The van der Waals surface area contributed by atoms with Crippen LogP contribution in [0.3, 0.4) is 0 Å². The van der Waals surface area contributed by atoms with Gasteiger partial charge in [0.25, 0.3) is 0 Å². The molecule has 1 atom stereocenters. The Labute approximate surface area is 160 Å². The van der Waals surface area contributed by atoms with Crippen molar-refractivity contribution in [1.82, 2.24) is 9.80 Å².